The van der Waals surface area contributed by atoms with Crippen LogP contribution in [0, 0.1) is 24.7 Å². The largest absolute Gasteiger partial charge is 0.330 e. The molecule has 0 aromatic carbocycles. The lowest BCUT2D eigenvalue weighted by atomic mass is 9.74. The van der Waals surface area contributed by atoms with Crippen molar-refractivity contribution in [1.82, 2.24) is 20.0 Å². The van der Waals surface area contributed by atoms with Gasteiger partial charge in [-0.05, 0) is 62.8 Å². The second kappa shape index (κ2) is 8.40. The summed E-state index contributed by atoms with van der Waals surface area (Å²) in [5.41, 5.74) is 2.48. The number of nitrogens with zero attached hydrogens (tertiary/aromatic N) is 3. The maximum Gasteiger partial charge on any atom is 0.249 e. The first-order valence-corrected chi connectivity index (χ1v) is 12.2. The normalized spacial score (nSPS) is 32.3. The van der Waals surface area contributed by atoms with Crippen LogP contribution in [0.5, 0.6) is 0 Å². The van der Waals surface area contributed by atoms with E-state index in [9.17, 15) is 14.4 Å². The molecule has 4 aliphatic rings. The van der Waals surface area contributed by atoms with Crippen molar-refractivity contribution in [2.24, 2.45) is 17.8 Å². The summed E-state index contributed by atoms with van der Waals surface area (Å²) in [5, 5.41) is 7.41. The number of aryl methyl sites for hydroxylation is 1. The molecule has 4 fully saturated rings. The van der Waals surface area contributed by atoms with Gasteiger partial charge in [-0.1, -0.05) is 19.3 Å². The van der Waals surface area contributed by atoms with Gasteiger partial charge in [-0.25, -0.2) is 0 Å². The molecule has 7 nitrogen and oxygen atoms in total. The van der Waals surface area contributed by atoms with E-state index in [0.717, 1.165) is 31.7 Å². The Labute approximate surface area is 183 Å². The second-order valence-corrected chi connectivity index (χ2v) is 10.3. The van der Waals surface area contributed by atoms with E-state index in [1.807, 2.05) is 0 Å². The van der Waals surface area contributed by atoms with Crippen LogP contribution in [0.3, 0.4) is 0 Å². The number of nitrogens with one attached hydrogen (secondary N) is 1. The maximum atomic E-state index is 13.0. The SMILES string of the molecule is Cc1cn(CC2CCCCC2)nc1C1CCC2C(=O)N(C3CCC(=O)NC3=O)CC2C1. The Kier molecular flexibility index (Phi) is 5.61. The van der Waals surface area contributed by atoms with Gasteiger partial charge < -0.3 is 4.90 Å². The Morgan fingerprint density at radius 2 is 1.87 bits per heavy atom. The summed E-state index contributed by atoms with van der Waals surface area (Å²) in [7, 11) is 0. The number of aromatic nitrogens is 2. The van der Waals surface area contributed by atoms with Crippen LogP contribution in [0.4, 0.5) is 0 Å². The summed E-state index contributed by atoms with van der Waals surface area (Å²) in [6.45, 7) is 3.83. The number of imide groups is 1. The van der Waals surface area contributed by atoms with Gasteiger partial charge in [-0.3, -0.25) is 24.4 Å². The van der Waals surface area contributed by atoms with Crippen LogP contribution >= 0.6 is 0 Å². The van der Waals surface area contributed by atoms with Crippen LogP contribution in [0.25, 0.3) is 0 Å². The summed E-state index contributed by atoms with van der Waals surface area (Å²) in [4.78, 5) is 38.6. The molecule has 4 atom stereocenters. The summed E-state index contributed by atoms with van der Waals surface area (Å²) in [5.74, 6) is 1.01. The maximum absolute atomic E-state index is 13.0. The Morgan fingerprint density at radius 3 is 2.65 bits per heavy atom. The van der Waals surface area contributed by atoms with E-state index in [1.54, 1.807) is 4.90 Å². The monoisotopic (exact) mass is 426 g/mol. The van der Waals surface area contributed by atoms with E-state index in [-0.39, 0.29) is 29.6 Å². The molecule has 1 aromatic rings. The molecule has 4 unspecified atom stereocenters. The molecule has 168 valence electrons. The van der Waals surface area contributed by atoms with Crippen LogP contribution < -0.4 is 5.32 Å². The lowest BCUT2D eigenvalue weighted by molar-refractivity contribution is -0.144. The van der Waals surface area contributed by atoms with Gasteiger partial charge in [-0.2, -0.15) is 5.10 Å². The fourth-order valence-corrected chi connectivity index (χ4v) is 6.52. The predicted molar refractivity (Wildman–Crippen MR) is 115 cm³/mol. The molecule has 31 heavy (non-hydrogen) atoms. The lowest BCUT2D eigenvalue weighted by Gasteiger charge is -2.30. The molecule has 1 aromatic heterocycles. The number of likely N-dealkylation sites (tertiary alicyclic amines) is 1. The van der Waals surface area contributed by atoms with Crippen LogP contribution in [0.15, 0.2) is 6.20 Å². The van der Waals surface area contributed by atoms with Crippen molar-refractivity contribution >= 4 is 17.7 Å². The number of amides is 3. The van der Waals surface area contributed by atoms with Gasteiger partial charge in [0.15, 0.2) is 0 Å². The summed E-state index contributed by atoms with van der Waals surface area (Å²) < 4.78 is 2.17. The average Bonchev–Trinajstić information content (AvgIpc) is 3.28. The van der Waals surface area contributed by atoms with Gasteiger partial charge in [0.2, 0.25) is 17.7 Å². The second-order valence-electron chi connectivity index (χ2n) is 10.3. The van der Waals surface area contributed by atoms with E-state index >= 15 is 0 Å². The van der Waals surface area contributed by atoms with E-state index in [0.29, 0.717) is 25.3 Å². The Bertz CT molecular complexity index is 872. The van der Waals surface area contributed by atoms with Crippen LogP contribution in [-0.2, 0) is 20.9 Å². The van der Waals surface area contributed by atoms with E-state index < -0.39 is 6.04 Å². The molecule has 1 N–H and O–H groups in total. The number of hydrogen-bond acceptors (Lipinski definition) is 4. The molecule has 3 heterocycles. The molecule has 2 aliphatic carbocycles. The van der Waals surface area contributed by atoms with Gasteiger partial charge in [0.1, 0.15) is 6.04 Å². The van der Waals surface area contributed by atoms with Crippen molar-refractivity contribution in [3.05, 3.63) is 17.5 Å². The smallest absolute Gasteiger partial charge is 0.249 e. The summed E-state index contributed by atoms with van der Waals surface area (Å²) >= 11 is 0. The third-order valence-electron chi connectivity index (χ3n) is 8.14. The van der Waals surface area contributed by atoms with Gasteiger partial charge >= 0.3 is 0 Å². The highest BCUT2D eigenvalue weighted by atomic mass is 16.2. The zero-order valence-electron chi connectivity index (χ0n) is 18.5. The van der Waals surface area contributed by atoms with Crippen LogP contribution in [0.1, 0.15) is 81.4 Å². The van der Waals surface area contributed by atoms with E-state index in [1.165, 1.54) is 43.4 Å². The van der Waals surface area contributed by atoms with Crippen LogP contribution in [0.2, 0.25) is 0 Å². The zero-order chi connectivity index (χ0) is 21.5. The van der Waals surface area contributed by atoms with E-state index in [4.69, 9.17) is 5.10 Å². The fourth-order valence-electron chi connectivity index (χ4n) is 6.52. The predicted octanol–water partition coefficient (Wildman–Crippen LogP) is 2.92. The first kappa shape index (κ1) is 20.7. The topological polar surface area (TPSA) is 84.3 Å². The van der Waals surface area contributed by atoms with Gasteiger partial charge in [0.05, 0.1) is 5.69 Å². The van der Waals surface area contributed by atoms with Gasteiger partial charge in [0, 0.05) is 37.5 Å². The Morgan fingerprint density at radius 1 is 1.06 bits per heavy atom. The molecule has 2 aliphatic heterocycles. The molecule has 2 saturated carbocycles. The molecular formula is C24H34N4O3. The van der Waals surface area contributed by atoms with Crippen molar-refractivity contribution in [3.8, 4) is 0 Å². The zero-order valence-corrected chi connectivity index (χ0v) is 18.5. The molecule has 3 amide bonds. The molecule has 0 bridgehead atoms. The Balaban J connectivity index is 1.25. The molecule has 0 radical (unpaired) electrons. The van der Waals surface area contributed by atoms with Crippen molar-refractivity contribution in [1.29, 1.82) is 0 Å². The third-order valence-corrected chi connectivity index (χ3v) is 8.14. The number of rotatable bonds is 4. The first-order valence-electron chi connectivity index (χ1n) is 12.2. The third kappa shape index (κ3) is 4.03. The standard InChI is InChI=1S/C24H34N4O3/c1-15-12-27(13-16-5-3-2-4-6-16)26-22(15)17-7-8-19-18(11-17)14-28(24(19)31)20-9-10-21(29)25-23(20)30/h12,16-20H,2-11,13-14H2,1H3,(H,25,29,30). The average molecular weight is 427 g/mol. The molecular weight excluding hydrogens is 392 g/mol. The van der Waals surface area contributed by atoms with Crippen LogP contribution in [-0.4, -0.2) is 45.0 Å². The number of carbonyl (C=O) groups excluding carboxylic acids is 3. The highest BCUT2D eigenvalue weighted by molar-refractivity contribution is 6.02. The minimum absolute atomic E-state index is 0.0197. The molecule has 7 heteroatoms. The van der Waals surface area contributed by atoms with E-state index in [2.05, 4.69) is 23.1 Å². The van der Waals surface area contributed by atoms with Crippen molar-refractivity contribution in [2.75, 3.05) is 6.54 Å². The van der Waals surface area contributed by atoms with Crippen molar-refractivity contribution in [2.45, 2.75) is 89.6 Å². The number of piperidine rings is 1. The minimum atomic E-state index is -0.481. The van der Waals surface area contributed by atoms with Crippen molar-refractivity contribution < 1.29 is 14.4 Å². The Hall–Kier alpha value is -2.18. The number of fused-ring (bicyclic) bond motifs is 1. The summed E-state index contributed by atoms with van der Waals surface area (Å²) in [6.07, 6.45) is 12.5. The summed E-state index contributed by atoms with van der Waals surface area (Å²) in [6, 6.07) is -0.481. The quantitative estimate of drug-likeness (QED) is 0.751. The number of carbonyl (C=O) groups is 3. The number of hydrogen-bond donors (Lipinski definition) is 1. The lowest BCUT2D eigenvalue weighted by Crippen LogP contribution is -2.53. The van der Waals surface area contributed by atoms with Gasteiger partial charge in [0.25, 0.3) is 0 Å². The molecule has 0 spiro atoms. The first-order chi connectivity index (χ1) is 15.0. The molecule has 5 rings (SSSR count). The minimum Gasteiger partial charge on any atom is -0.330 e. The highest BCUT2D eigenvalue weighted by Crippen LogP contribution is 2.45. The highest BCUT2D eigenvalue weighted by Gasteiger charge is 2.48. The van der Waals surface area contributed by atoms with Gasteiger partial charge in [-0.15, -0.1) is 0 Å². The molecule has 2 saturated heterocycles. The fraction of sp³-hybridized carbons (Fsp3) is 0.750. The van der Waals surface area contributed by atoms with Crippen molar-refractivity contribution in [3.63, 3.8) is 0 Å².